The average molecular weight is 382 g/mol. The minimum absolute atomic E-state index is 0.372. The molecule has 0 amide bonds. The predicted molar refractivity (Wildman–Crippen MR) is 113 cm³/mol. The first-order valence-corrected chi connectivity index (χ1v) is 9.10. The molecule has 4 heteroatoms. The van der Waals surface area contributed by atoms with Crippen LogP contribution in [0.25, 0.3) is 10.8 Å². The molecule has 0 radical (unpaired) electrons. The van der Waals surface area contributed by atoms with E-state index in [1.54, 1.807) is 6.07 Å². The Kier molecular flexibility index (Phi) is 5.25. The van der Waals surface area contributed by atoms with Crippen LogP contribution >= 0.6 is 0 Å². The third-order valence-corrected chi connectivity index (χ3v) is 4.23. The summed E-state index contributed by atoms with van der Waals surface area (Å²) in [6.45, 7) is 3.47. The Balaban J connectivity index is 1.89. The van der Waals surface area contributed by atoms with Crippen LogP contribution in [0.3, 0.4) is 0 Å². The summed E-state index contributed by atoms with van der Waals surface area (Å²) in [6.07, 6.45) is 1.13. The van der Waals surface area contributed by atoms with E-state index in [4.69, 9.17) is 14.2 Å². The zero-order valence-corrected chi connectivity index (χ0v) is 15.6. The number of carbonyl (C=O) groups excluding carboxylic acids is 1. The third-order valence-electron chi connectivity index (χ3n) is 4.23. The third kappa shape index (κ3) is 4.12. The van der Waals surface area contributed by atoms with Gasteiger partial charge in [-0.1, -0.05) is 67.2 Å². The van der Waals surface area contributed by atoms with Crippen molar-refractivity contribution in [1.82, 2.24) is 0 Å². The number of esters is 1. The van der Waals surface area contributed by atoms with Crippen molar-refractivity contribution in [1.29, 1.82) is 0 Å². The van der Waals surface area contributed by atoms with Gasteiger partial charge in [-0.15, -0.1) is 0 Å². The molecule has 4 nitrogen and oxygen atoms in total. The van der Waals surface area contributed by atoms with Crippen LogP contribution in [-0.2, 0) is 4.79 Å². The number of fused-ring (bicyclic) bond motifs is 1. The fourth-order valence-electron chi connectivity index (χ4n) is 2.93. The molecule has 142 valence electrons. The van der Waals surface area contributed by atoms with Gasteiger partial charge in [-0.25, -0.2) is 4.79 Å². The Morgan fingerprint density at radius 3 is 1.86 bits per heavy atom. The first-order valence-electron chi connectivity index (χ1n) is 9.10. The molecule has 0 saturated heterocycles. The van der Waals surface area contributed by atoms with Crippen molar-refractivity contribution in [2.45, 2.75) is 0 Å². The van der Waals surface area contributed by atoms with E-state index in [1.165, 1.54) is 0 Å². The van der Waals surface area contributed by atoms with E-state index in [1.807, 2.05) is 84.9 Å². The summed E-state index contributed by atoms with van der Waals surface area (Å²) in [7, 11) is 0. The van der Waals surface area contributed by atoms with E-state index < -0.39 is 5.97 Å². The normalized spacial score (nSPS) is 10.3. The summed E-state index contributed by atoms with van der Waals surface area (Å²) in [5.41, 5.74) is 0. The van der Waals surface area contributed by atoms with Crippen LogP contribution in [0.4, 0.5) is 0 Å². The Morgan fingerprint density at radius 2 is 1.24 bits per heavy atom. The monoisotopic (exact) mass is 382 g/mol. The molecular weight excluding hydrogens is 364 g/mol. The smallest absolute Gasteiger partial charge is 0.335 e. The molecular formula is C25H18O4. The van der Waals surface area contributed by atoms with Crippen LogP contribution in [0.2, 0.25) is 0 Å². The van der Waals surface area contributed by atoms with E-state index in [-0.39, 0.29) is 0 Å². The highest BCUT2D eigenvalue weighted by Gasteiger charge is 2.18. The predicted octanol–water partition coefficient (Wildman–Crippen LogP) is 6.52. The number of benzene rings is 4. The summed E-state index contributed by atoms with van der Waals surface area (Å²) in [4.78, 5) is 11.9. The van der Waals surface area contributed by atoms with Gasteiger partial charge in [-0.3, -0.25) is 0 Å². The first-order chi connectivity index (χ1) is 14.2. The summed E-state index contributed by atoms with van der Waals surface area (Å²) in [6, 6.07) is 28.0. The zero-order chi connectivity index (χ0) is 20.1. The van der Waals surface area contributed by atoms with Crippen molar-refractivity contribution in [3.8, 4) is 28.7 Å². The highest BCUT2D eigenvalue weighted by atomic mass is 16.5. The standard InChI is InChI=1S/C25H18O4/c1-2-24(26)29-22-17-23(27-18-11-5-3-6-12-18)25(21-16-10-9-15-20(21)22)28-19-13-7-4-8-14-19/h2-17H,1H2. The Bertz CT molecular complexity index is 1150. The van der Waals surface area contributed by atoms with Crippen LogP contribution in [0.1, 0.15) is 0 Å². The van der Waals surface area contributed by atoms with Crippen molar-refractivity contribution >= 4 is 16.7 Å². The van der Waals surface area contributed by atoms with Gasteiger partial charge in [0, 0.05) is 22.9 Å². The van der Waals surface area contributed by atoms with Gasteiger partial charge in [0.1, 0.15) is 17.2 Å². The Hall–Kier alpha value is -4.05. The molecule has 4 aromatic rings. The van der Waals surface area contributed by atoms with E-state index in [9.17, 15) is 4.79 Å². The van der Waals surface area contributed by atoms with Gasteiger partial charge in [0.05, 0.1) is 0 Å². The van der Waals surface area contributed by atoms with Crippen molar-refractivity contribution in [2.24, 2.45) is 0 Å². The first kappa shape index (κ1) is 18.3. The fourth-order valence-corrected chi connectivity index (χ4v) is 2.93. The number of hydrogen-bond acceptors (Lipinski definition) is 4. The van der Waals surface area contributed by atoms with Crippen molar-refractivity contribution in [3.05, 3.63) is 104 Å². The second kappa shape index (κ2) is 8.31. The van der Waals surface area contributed by atoms with E-state index in [2.05, 4.69) is 6.58 Å². The van der Waals surface area contributed by atoms with Gasteiger partial charge < -0.3 is 14.2 Å². The van der Waals surface area contributed by atoms with Crippen LogP contribution < -0.4 is 14.2 Å². The molecule has 0 unspecified atom stereocenters. The highest BCUT2D eigenvalue weighted by Crippen LogP contribution is 2.45. The van der Waals surface area contributed by atoms with Crippen LogP contribution in [0, 0.1) is 0 Å². The van der Waals surface area contributed by atoms with Gasteiger partial charge in [0.2, 0.25) is 0 Å². The molecule has 4 aromatic carbocycles. The lowest BCUT2D eigenvalue weighted by Gasteiger charge is -2.17. The minimum atomic E-state index is -0.544. The second-order valence-electron chi connectivity index (χ2n) is 6.20. The zero-order valence-electron chi connectivity index (χ0n) is 15.6. The average Bonchev–Trinajstić information content (AvgIpc) is 2.77. The van der Waals surface area contributed by atoms with E-state index in [0.29, 0.717) is 28.7 Å². The number of ether oxygens (including phenoxy) is 3. The molecule has 0 heterocycles. The molecule has 0 aliphatic rings. The summed E-state index contributed by atoms with van der Waals surface area (Å²) < 4.78 is 17.8. The number of carbonyl (C=O) groups is 1. The van der Waals surface area contributed by atoms with Gasteiger partial charge in [-0.2, -0.15) is 0 Å². The quantitative estimate of drug-likeness (QED) is 0.216. The molecule has 0 aliphatic carbocycles. The molecule has 0 fully saturated rings. The maximum absolute atomic E-state index is 11.9. The van der Waals surface area contributed by atoms with Crippen LogP contribution in [-0.4, -0.2) is 5.97 Å². The Labute approximate surface area is 168 Å². The topological polar surface area (TPSA) is 44.8 Å². The van der Waals surface area contributed by atoms with Gasteiger partial charge in [0.15, 0.2) is 11.5 Å². The van der Waals surface area contributed by atoms with E-state index >= 15 is 0 Å². The lowest BCUT2D eigenvalue weighted by Crippen LogP contribution is -2.04. The van der Waals surface area contributed by atoms with Crippen molar-refractivity contribution < 1.29 is 19.0 Å². The molecule has 0 bridgehead atoms. The van der Waals surface area contributed by atoms with Crippen LogP contribution in [0.15, 0.2) is 104 Å². The molecule has 0 aliphatic heterocycles. The SMILES string of the molecule is C=CC(=O)Oc1cc(Oc2ccccc2)c(Oc2ccccc2)c2ccccc12. The lowest BCUT2D eigenvalue weighted by molar-refractivity contribution is -0.128. The minimum Gasteiger partial charge on any atom is -0.453 e. The molecule has 0 spiro atoms. The fraction of sp³-hybridized carbons (Fsp3) is 0. The molecule has 29 heavy (non-hydrogen) atoms. The lowest BCUT2D eigenvalue weighted by atomic mass is 10.1. The number of hydrogen-bond donors (Lipinski definition) is 0. The maximum Gasteiger partial charge on any atom is 0.335 e. The molecule has 0 N–H and O–H groups in total. The Morgan fingerprint density at radius 1 is 0.690 bits per heavy atom. The highest BCUT2D eigenvalue weighted by molar-refractivity contribution is 5.98. The summed E-state index contributed by atoms with van der Waals surface area (Å²) >= 11 is 0. The molecule has 4 rings (SSSR count). The van der Waals surface area contributed by atoms with Gasteiger partial charge in [0.25, 0.3) is 0 Å². The molecule has 0 aromatic heterocycles. The second-order valence-corrected chi connectivity index (χ2v) is 6.20. The van der Waals surface area contributed by atoms with Crippen molar-refractivity contribution in [2.75, 3.05) is 0 Å². The summed E-state index contributed by atoms with van der Waals surface area (Å²) in [5, 5.41) is 1.49. The van der Waals surface area contributed by atoms with Gasteiger partial charge in [-0.05, 0) is 24.3 Å². The summed E-state index contributed by atoms with van der Waals surface area (Å²) in [5.74, 6) is 2.11. The van der Waals surface area contributed by atoms with Crippen LogP contribution in [0.5, 0.6) is 28.7 Å². The maximum atomic E-state index is 11.9. The van der Waals surface area contributed by atoms with E-state index in [0.717, 1.165) is 16.8 Å². The molecule has 0 atom stereocenters. The number of para-hydroxylation sites is 2. The van der Waals surface area contributed by atoms with Gasteiger partial charge >= 0.3 is 5.97 Å². The largest absolute Gasteiger partial charge is 0.453 e. The van der Waals surface area contributed by atoms with Crippen molar-refractivity contribution in [3.63, 3.8) is 0 Å². The number of rotatable bonds is 6. The molecule has 0 saturated carbocycles.